The Kier molecular flexibility index (Phi) is 2.60. The Balaban J connectivity index is 2.76. The second kappa shape index (κ2) is 3.49. The number of likely N-dealkylation sites (N-methyl/N-ethyl adjacent to an activating group) is 2. The lowest BCUT2D eigenvalue weighted by Crippen LogP contribution is -2.25. The number of carbonyl (C=O) groups excluding carboxylic acids is 1. The van der Waals surface area contributed by atoms with Gasteiger partial charge in [0, 0.05) is 13.6 Å². The van der Waals surface area contributed by atoms with Crippen molar-refractivity contribution in [1.82, 2.24) is 10.2 Å². The van der Waals surface area contributed by atoms with Crippen LogP contribution >= 0.6 is 0 Å². The smallest absolute Gasteiger partial charge is 0.277 e. The van der Waals surface area contributed by atoms with E-state index < -0.39 is 0 Å². The Morgan fingerprint density at radius 1 is 1.67 bits per heavy atom. The van der Waals surface area contributed by atoms with E-state index in [4.69, 9.17) is 0 Å². The van der Waals surface area contributed by atoms with Gasteiger partial charge in [0.25, 0.3) is 5.91 Å². The highest BCUT2D eigenvalue weighted by Crippen LogP contribution is 2.11. The summed E-state index contributed by atoms with van der Waals surface area (Å²) in [6.45, 7) is 2.49. The van der Waals surface area contributed by atoms with Gasteiger partial charge in [-0.05, 0) is 20.0 Å². The van der Waals surface area contributed by atoms with Gasteiger partial charge in [0.05, 0.1) is 0 Å². The minimum absolute atomic E-state index is 0.0252. The zero-order valence-corrected chi connectivity index (χ0v) is 7.59. The average molecular weight is 167 g/mol. The predicted octanol–water partition coefficient (Wildman–Crippen LogP) is -0.0199. The standard InChI is InChI=1S/C8H13N3O/c1-6-10-7(4-5-9-2)8(12)11(6)3/h4,9H,5H2,1-3H3. The maximum atomic E-state index is 11.3. The van der Waals surface area contributed by atoms with E-state index >= 15 is 0 Å². The summed E-state index contributed by atoms with van der Waals surface area (Å²) in [5.41, 5.74) is 0.532. The molecule has 12 heavy (non-hydrogen) atoms. The van der Waals surface area contributed by atoms with Gasteiger partial charge in [-0.3, -0.25) is 9.69 Å². The number of carbonyl (C=O) groups is 1. The summed E-state index contributed by atoms with van der Waals surface area (Å²) in [5.74, 6) is 0.727. The lowest BCUT2D eigenvalue weighted by atomic mass is 10.4. The van der Waals surface area contributed by atoms with E-state index in [-0.39, 0.29) is 5.91 Å². The SMILES string of the molecule is CNCC=C1N=C(C)N(C)C1=O. The summed E-state index contributed by atoms with van der Waals surface area (Å²) in [7, 11) is 3.55. The van der Waals surface area contributed by atoms with Gasteiger partial charge < -0.3 is 5.32 Å². The van der Waals surface area contributed by atoms with Gasteiger partial charge in [0.1, 0.15) is 11.5 Å². The largest absolute Gasteiger partial charge is 0.316 e. The minimum atomic E-state index is -0.0252. The highest BCUT2D eigenvalue weighted by Gasteiger charge is 2.22. The van der Waals surface area contributed by atoms with Crippen LogP contribution in [0.3, 0.4) is 0 Å². The lowest BCUT2D eigenvalue weighted by molar-refractivity contribution is -0.121. The highest BCUT2D eigenvalue weighted by atomic mass is 16.2. The van der Waals surface area contributed by atoms with Crippen LogP contribution in [0.4, 0.5) is 0 Å². The van der Waals surface area contributed by atoms with Crippen molar-refractivity contribution in [3.8, 4) is 0 Å². The Hall–Kier alpha value is -1.16. The summed E-state index contributed by atoms with van der Waals surface area (Å²) >= 11 is 0. The third-order valence-corrected chi connectivity index (χ3v) is 1.79. The third kappa shape index (κ3) is 1.53. The molecule has 0 bridgehead atoms. The fourth-order valence-corrected chi connectivity index (χ4v) is 0.948. The van der Waals surface area contributed by atoms with Gasteiger partial charge >= 0.3 is 0 Å². The number of aliphatic imine (C=N–C) groups is 1. The van der Waals surface area contributed by atoms with E-state index in [2.05, 4.69) is 10.3 Å². The molecule has 0 spiro atoms. The molecule has 1 rings (SSSR count). The second-order valence-electron chi connectivity index (χ2n) is 2.67. The van der Waals surface area contributed by atoms with Gasteiger partial charge in [-0.25, -0.2) is 4.99 Å². The zero-order chi connectivity index (χ0) is 9.14. The van der Waals surface area contributed by atoms with Crippen LogP contribution in [0.25, 0.3) is 0 Å². The van der Waals surface area contributed by atoms with Gasteiger partial charge in [-0.15, -0.1) is 0 Å². The minimum Gasteiger partial charge on any atom is -0.316 e. The first-order chi connectivity index (χ1) is 5.66. The summed E-state index contributed by atoms with van der Waals surface area (Å²) in [6, 6.07) is 0. The van der Waals surface area contributed by atoms with Crippen molar-refractivity contribution in [2.24, 2.45) is 4.99 Å². The zero-order valence-electron chi connectivity index (χ0n) is 7.59. The normalized spacial score (nSPS) is 20.6. The van der Waals surface area contributed by atoms with Crippen molar-refractivity contribution < 1.29 is 4.79 Å². The molecule has 0 aromatic heterocycles. The maximum absolute atomic E-state index is 11.3. The summed E-state index contributed by atoms with van der Waals surface area (Å²) < 4.78 is 0. The van der Waals surface area contributed by atoms with Gasteiger partial charge in [0.2, 0.25) is 0 Å². The molecule has 1 aliphatic rings. The molecule has 4 heteroatoms. The Bertz CT molecular complexity index is 255. The molecule has 1 amide bonds. The molecule has 66 valence electrons. The first-order valence-corrected chi connectivity index (χ1v) is 3.85. The van der Waals surface area contributed by atoms with Crippen molar-refractivity contribution in [2.75, 3.05) is 20.6 Å². The van der Waals surface area contributed by atoms with Gasteiger partial charge in [0.15, 0.2) is 0 Å². The number of rotatable bonds is 2. The molecule has 0 radical (unpaired) electrons. The van der Waals surface area contributed by atoms with Crippen molar-refractivity contribution in [2.45, 2.75) is 6.92 Å². The van der Waals surface area contributed by atoms with Crippen LogP contribution in [0.15, 0.2) is 16.8 Å². The molecular weight excluding hydrogens is 154 g/mol. The summed E-state index contributed by atoms with van der Waals surface area (Å²) in [6.07, 6.45) is 1.79. The predicted molar refractivity (Wildman–Crippen MR) is 47.9 cm³/mol. The number of hydrogen-bond acceptors (Lipinski definition) is 3. The van der Waals surface area contributed by atoms with Gasteiger partial charge in [-0.2, -0.15) is 0 Å². The molecule has 1 heterocycles. The van der Waals surface area contributed by atoms with E-state index in [1.807, 2.05) is 14.0 Å². The topological polar surface area (TPSA) is 44.7 Å². The van der Waals surface area contributed by atoms with E-state index in [1.165, 1.54) is 0 Å². The fourth-order valence-electron chi connectivity index (χ4n) is 0.948. The van der Waals surface area contributed by atoms with E-state index in [9.17, 15) is 4.79 Å². The fraction of sp³-hybridized carbons (Fsp3) is 0.500. The number of nitrogens with zero attached hydrogens (tertiary/aromatic N) is 2. The van der Waals surface area contributed by atoms with Crippen LogP contribution in [0.1, 0.15) is 6.92 Å². The van der Waals surface area contributed by atoms with Crippen LogP contribution in [0, 0.1) is 0 Å². The molecule has 0 atom stereocenters. The summed E-state index contributed by atoms with van der Waals surface area (Å²) in [4.78, 5) is 17.0. The van der Waals surface area contributed by atoms with Crippen LogP contribution in [0.2, 0.25) is 0 Å². The number of amides is 1. The number of nitrogens with one attached hydrogen (secondary N) is 1. The van der Waals surface area contributed by atoms with Crippen molar-refractivity contribution >= 4 is 11.7 Å². The molecule has 0 aliphatic carbocycles. The van der Waals surface area contributed by atoms with Crippen molar-refractivity contribution in [1.29, 1.82) is 0 Å². The molecule has 1 aliphatic heterocycles. The molecule has 0 saturated heterocycles. The quantitative estimate of drug-likeness (QED) is 0.587. The van der Waals surface area contributed by atoms with Crippen LogP contribution in [0.5, 0.6) is 0 Å². The third-order valence-electron chi connectivity index (χ3n) is 1.79. The van der Waals surface area contributed by atoms with E-state index in [1.54, 1.807) is 18.0 Å². The second-order valence-corrected chi connectivity index (χ2v) is 2.67. The average Bonchev–Trinajstić information content (AvgIpc) is 2.30. The Morgan fingerprint density at radius 2 is 2.33 bits per heavy atom. The van der Waals surface area contributed by atoms with Crippen LogP contribution < -0.4 is 5.32 Å². The first-order valence-electron chi connectivity index (χ1n) is 3.85. The maximum Gasteiger partial charge on any atom is 0.277 e. The molecule has 4 nitrogen and oxygen atoms in total. The molecular formula is C8H13N3O. The van der Waals surface area contributed by atoms with Crippen LogP contribution in [-0.2, 0) is 4.79 Å². The van der Waals surface area contributed by atoms with Crippen molar-refractivity contribution in [3.63, 3.8) is 0 Å². The molecule has 0 unspecified atom stereocenters. The molecule has 1 N–H and O–H groups in total. The highest BCUT2D eigenvalue weighted by molar-refractivity contribution is 6.11. The molecule has 0 fully saturated rings. The monoisotopic (exact) mass is 167 g/mol. The molecule has 0 aromatic rings. The van der Waals surface area contributed by atoms with Crippen molar-refractivity contribution in [3.05, 3.63) is 11.8 Å². The number of hydrogen-bond donors (Lipinski definition) is 1. The summed E-state index contributed by atoms with van der Waals surface area (Å²) in [5, 5.41) is 2.93. The molecule has 0 aromatic carbocycles. The first kappa shape index (κ1) is 8.93. The Labute approximate surface area is 72.0 Å². The molecule has 0 saturated carbocycles. The Morgan fingerprint density at radius 3 is 2.75 bits per heavy atom. The van der Waals surface area contributed by atoms with E-state index in [0.29, 0.717) is 12.2 Å². The number of amidine groups is 1. The van der Waals surface area contributed by atoms with E-state index in [0.717, 1.165) is 5.84 Å². The lowest BCUT2D eigenvalue weighted by Gasteiger charge is -2.05. The van der Waals surface area contributed by atoms with Gasteiger partial charge in [-0.1, -0.05) is 0 Å². The van der Waals surface area contributed by atoms with Crippen LogP contribution in [-0.4, -0.2) is 37.3 Å².